The van der Waals surface area contributed by atoms with Gasteiger partial charge in [-0.25, -0.2) is 0 Å². The van der Waals surface area contributed by atoms with E-state index in [4.69, 9.17) is 15.2 Å². The number of ether oxygens (including phenoxy) is 2. The molecule has 2 N–H and O–H groups in total. The van der Waals surface area contributed by atoms with Crippen LogP contribution in [0.3, 0.4) is 0 Å². The number of fused-ring (bicyclic) bond motifs is 1. The van der Waals surface area contributed by atoms with Gasteiger partial charge in [0.2, 0.25) is 0 Å². The Hall–Kier alpha value is -3.06. The van der Waals surface area contributed by atoms with Gasteiger partial charge in [0, 0.05) is 23.7 Å². The molecule has 2 aromatic carbocycles. The zero-order valence-electron chi connectivity index (χ0n) is 16.3. The van der Waals surface area contributed by atoms with Crippen molar-refractivity contribution in [1.29, 1.82) is 0 Å². The van der Waals surface area contributed by atoms with Gasteiger partial charge in [0.1, 0.15) is 0 Å². The minimum atomic E-state index is -0.416. The lowest BCUT2D eigenvalue weighted by molar-refractivity contribution is 0.0786. The van der Waals surface area contributed by atoms with Crippen molar-refractivity contribution in [3.63, 3.8) is 0 Å². The van der Waals surface area contributed by atoms with Gasteiger partial charge in [0.15, 0.2) is 11.5 Å². The normalized spacial score (nSPS) is 16.2. The van der Waals surface area contributed by atoms with Gasteiger partial charge in [-0.15, -0.1) is 11.3 Å². The molecule has 1 aliphatic heterocycles. The molecule has 1 fully saturated rings. The highest BCUT2D eigenvalue weighted by Crippen LogP contribution is 2.41. The van der Waals surface area contributed by atoms with Crippen molar-refractivity contribution >= 4 is 33.2 Å². The molecule has 1 unspecified atom stereocenters. The Morgan fingerprint density at radius 3 is 2.62 bits per heavy atom. The number of para-hydroxylation sites is 1. The highest BCUT2D eigenvalue weighted by Gasteiger charge is 2.33. The van der Waals surface area contributed by atoms with Crippen LogP contribution in [-0.2, 0) is 0 Å². The first-order valence-electron chi connectivity index (χ1n) is 9.36. The number of hydrogen-bond acceptors (Lipinski definition) is 5. The van der Waals surface area contributed by atoms with Gasteiger partial charge in [-0.05, 0) is 35.6 Å². The van der Waals surface area contributed by atoms with Gasteiger partial charge in [0.25, 0.3) is 11.8 Å². The van der Waals surface area contributed by atoms with Crippen molar-refractivity contribution in [2.75, 3.05) is 27.3 Å². The van der Waals surface area contributed by atoms with Crippen LogP contribution in [0.2, 0.25) is 0 Å². The maximum absolute atomic E-state index is 13.2. The molecule has 0 saturated carbocycles. The number of nitrogens with zero attached hydrogens (tertiary/aromatic N) is 1. The summed E-state index contributed by atoms with van der Waals surface area (Å²) in [7, 11) is 3.07. The first kappa shape index (κ1) is 19.3. The molecular weight excluding hydrogens is 388 g/mol. The van der Waals surface area contributed by atoms with Crippen LogP contribution in [0.15, 0.2) is 42.5 Å². The van der Waals surface area contributed by atoms with Crippen LogP contribution >= 0.6 is 11.3 Å². The molecule has 4 rings (SSSR count). The Bertz CT molecular complexity index is 1090. The van der Waals surface area contributed by atoms with E-state index in [2.05, 4.69) is 0 Å². The standard InChI is InChI=1S/C22H22N2O4S/c1-27-16-8-5-7-15(19(16)28-2)22(26)24-11-10-13(12-24)18-14-6-3-4-9-17(14)29-20(18)21(23)25/h3-9,13H,10-12H2,1-2H3,(H2,23,25). The molecular formula is C22H22N2O4S. The number of thiophene rings is 1. The molecule has 0 aliphatic carbocycles. The maximum atomic E-state index is 13.2. The van der Waals surface area contributed by atoms with E-state index in [0.717, 1.165) is 22.1 Å². The predicted octanol–water partition coefficient (Wildman–Crippen LogP) is 3.65. The highest BCUT2D eigenvalue weighted by atomic mass is 32.1. The second kappa shape index (κ2) is 7.75. The number of carbonyl (C=O) groups is 2. The highest BCUT2D eigenvalue weighted by molar-refractivity contribution is 7.21. The fraction of sp³-hybridized carbons (Fsp3) is 0.273. The molecule has 7 heteroatoms. The third-order valence-corrected chi connectivity index (χ3v) is 6.58. The summed E-state index contributed by atoms with van der Waals surface area (Å²) in [4.78, 5) is 27.6. The van der Waals surface area contributed by atoms with Crippen LogP contribution in [0, 0.1) is 0 Å². The van der Waals surface area contributed by atoms with Gasteiger partial charge in [0.05, 0.1) is 24.7 Å². The molecule has 29 heavy (non-hydrogen) atoms. The van der Waals surface area contributed by atoms with Crippen LogP contribution in [0.25, 0.3) is 10.1 Å². The first-order valence-corrected chi connectivity index (χ1v) is 10.2. The molecule has 6 nitrogen and oxygen atoms in total. The summed E-state index contributed by atoms with van der Waals surface area (Å²) >= 11 is 1.42. The molecule has 2 amide bonds. The molecule has 3 aromatic rings. The number of benzene rings is 2. The fourth-order valence-corrected chi connectivity index (χ4v) is 5.20. The Morgan fingerprint density at radius 1 is 1.10 bits per heavy atom. The zero-order chi connectivity index (χ0) is 20.5. The average Bonchev–Trinajstić information content (AvgIpc) is 3.37. The van der Waals surface area contributed by atoms with E-state index in [-0.39, 0.29) is 11.8 Å². The van der Waals surface area contributed by atoms with E-state index in [0.29, 0.717) is 35.0 Å². The molecule has 0 spiro atoms. The third-order valence-electron chi connectivity index (χ3n) is 5.37. The number of likely N-dealkylation sites (tertiary alicyclic amines) is 1. The van der Waals surface area contributed by atoms with Gasteiger partial charge in [-0.2, -0.15) is 0 Å². The Labute approximate surface area is 172 Å². The molecule has 1 atom stereocenters. The van der Waals surface area contributed by atoms with Crippen molar-refractivity contribution < 1.29 is 19.1 Å². The van der Waals surface area contributed by atoms with Crippen molar-refractivity contribution in [3.05, 3.63) is 58.5 Å². The smallest absolute Gasteiger partial charge is 0.259 e. The first-order chi connectivity index (χ1) is 14.0. The Kier molecular flexibility index (Phi) is 5.15. The molecule has 0 bridgehead atoms. The molecule has 1 saturated heterocycles. The number of primary amides is 1. The summed E-state index contributed by atoms with van der Waals surface area (Å²) in [5.41, 5.74) is 7.10. The van der Waals surface area contributed by atoms with Crippen LogP contribution in [0.4, 0.5) is 0 Å². The lowest BCUT2D eigenvalue weighted by Crippen LogP contribution is -2.29. The van der Waals surface area contributed by atoms with E-state index in [1.54, 1.807) is 30.2 Å². The topological polar surface area (TPSA) is 81.9 Å². The molecule has 2 heterocycles. The van der Waals surface area contributed by atoms with Crippen LogP contribution in [0.1, 0.15) is 37.9 Å². The zero-order valence-corrected chi connectivity index (χ0v) is 17.1. The summed E-state index contributed by atoms with van der Waals surface area (Å²) in [6.07, 6.45) is 0.777. The van der Waals surface area contributed by atoms with E-state index in [1.807, 2.05) is 24.3 Å². The summed E-state index contributed by atoms with van der Waals surface area (Å²) in [5.74, 6) is 0.495. The van der Waals surface area contributed by atoms with Gasteiger partial charge in [-0.1, -0.05) is 24.3 Å². The van der Waals surface area contributed by atoms with Crippen molar-refractivity contribution in [2.45, 2.75) is 12.3 Å². The van der Waals surface area contributed by atoms with Gasteiger partial charge < -0.3 is 20.1 Å². The summed E-state index contributed by atoms with van der Waals surface area (Å²) in [6.45, 7) is 1.13. The SMILES string of the molecule is COc1cccc(C(=O)N2CCC(c3c(C(N)=O)sc4ccccc34)C2)c1OC. The number of methoxy groups -OCH3 is 2. The molecule has 150 valence electrons. The number of hydrogen-bond donors (Lipinski definition) is 1. The number of nitrogens with two attached hydrogens (primary N) is 1. The minimum absolute atomic E-state index is 0.0641. The van der Waals surface area contributed by atoms with E-state index >= 15 is 0 Å². The lowest BCUT2D eigenvalue weighted by Gasteiger charge is -2.19. The van der Waals surface area contributed by atoms with E-state index in [1.165, 1.54) is 18.4 Å². The quantitative estimate of drug-likeness (QED) is 0.696. The number of carbonyl (C=O) groups excluding carboxylic acids is 2. The second-order valence-electron chi connectivity index (χ2n) is 6.98. The van der Waals surface area contributed by atoms with Crippen LogP contribution in [-0.4, -0.2) is 44.0 Å². The summed E-state index contributed by atoms with van der Waals surface area (Å²) in [5, 5.41) is 1.05. The molecule has 1 aliphatic rings. The van der Waals surface area contributed by atoms with Crippen molar-refractivity contribution in [2.24, 2.45) is 5.73 Å². The summed E-state index contributed by atoms with van der Waals surface area (Å²) < 4.78 is 11.8. The van der Waals surface area contributed by atoms with Gasteiger partial charge >= 0.3 is 0 Å². The minimum Gasteiger partial charge on any atom is -0.493 e. The number of amides is 2. The largest absolute Gasteiger partial charge is 0.493 e. The van der Waals surface area contributed by atoms with E-state index < -0.39 is 5.91 Å². The summed E-state index contributed by atoms with van der Waals surface area (Å²) in [6, 6.07) is 13.2. The average molecular weight is 410 g/mol. The molecule has 0 radical (unpaired) electrons. The van der Waals surface area contributed by atoms with E-state index in [9.17, 15) is 9.59 Å². The second-order valence-corrected chi connectivity index (χ2v) is 8.04. The third kappa shape index (κ3) is 3.31. The predicted molar refractivity (Wildman–Crippen MR) is 113 cm³/mol. The monoisotopic (exact) mass is 410 g/mol. The lowest BCUT2D eigenvalue weighted by atomic mass is 9.95. The number of rotatable bonds is 5. The molecule has 1 aromatic heterocycles. The Morgan fingerprint density at radius 2 is 1.90 bits per heavy atom. The Balaban J connectivity index is 1.66. The van der Waals surface area contributed by atoms with Crippen LogP contribution in [0.5, 0.6) is 11.5 Å². The maximum Gasteiger partial charge on any atom is 0.259 e. The van der Waals surface area contributed by atoms with Crippen molar-refractivity contribution in [3.8, 4) is 11.5 Å². The van der Waals surface area contributed by atoms with Crippen LogP contribution < -0.4 is 15.2 Å². The fourth-order valence-electron chi connectivity index (χ4n) is 4.06. The van der Waals surface area contributed by atoms with Gasteiger partial charge in [-0.3, -0.25) is 9.59 Å². The van der Waals surface area contributed by atoms with Crippen molar-refractivity contribution in [1.82, 2.24) is 4.90 Å².